The van der Waals surface area contributed by atoms with Crippen LogP contribution >= 0.6 is 0 Å². The van der Waals surface area contributed by atoms with Crippen molar-refractivity contribution >= 4 is 11.9 Å². The van der Waals surface area contributed by atoms with Gasteiger partial charge in [-0.1, -0.05) is 6.07 Å². The number of carbonyl (C=O) groups excluding carboxylic acids is 2. The highest BCUT2D eigenvalue weighted by Crippen LogP contribution is 2.30. The molecule has 7 heteroatoms. The van der Waals surface area contributed by atoms with E-state index in [2.05, 4.69) is 16.0 Å². The molecule has 0 aliphatic carbocycles. The molecular formula is C17H23N3O4. The second kappa shape index (κ2) is 7.90. The zero-order valence-corrected chi connectivity index (χ0v) is 13.6. The Morgan fingerprint density at radius 2 is 2.04 bits per heavy atom. The first-order valence-corrected chi connectivity index (χ1v) is 8.43. The SMILES string of the molecule is O=C(NCCc1ccc2c(c1)OCCO2)NC1CCCCNC1=O. The summed E-state index contributed by atoms with van der Waals surface area (Å²) >= 11 is 0. The van der Waals surface area contributed by atoms with Crippen molar-refractivity contribution in [3.05, 3.63) is 23.8 Å². The van der Waals surface area contributed by atoms with Gasteiger partial charge in [0.25, 0.3) is 0 Å². The summed E-state index contributed by atoms with van der Waals surface area (Å²) in [5.41, 5.74) is 1.06. The van der Waals surface area contributed by atoms with E-state index < -0.39 is 6.04 Å². The number of benzene rings is 1. The minimum absolute atomic E-state index is 0.102. The molecule has 0 spiro atoms. The predicted molar refractivity (Wildman–Crippen MR) is 88.3 cm³/mol. The van der Waals surface area contributed by atoms with Crippen LogP contribution in [0.3, 0.4) is 0 Å². The largest absolute Gasteiger partial charge is 0.486 e. The van der Waals surface area contributed by atoms with Crippen LogP contribution in [0.25, 0.3) is 0 Å². The molecule has 0 bridgehead atoms. The fraction of sp³-hybridized carbons (Fsp3) is 0.529. The third-order valence-electron chi connectivity index (χ3n) is 4.15. The molecule has 2 aliphatic heterocycles. The Hall–Kier alpha value is -2.44. The first-order valence-electron chi connectivity index (χ1n) is 8.43. The van der Waals surface area contributed by atoms with Crippen LogP contribution in [0.2, 0.25) is 0 Å². The third-order valence-corrected chi connectivity index (χ3v) is 4.15. The lowest BCUT2D eigenvalue weighted by Crippen LogP contribution is -2.49. The van der Waals surface area contributed by atoms with Crippen LogP contribution in [0.1, 0.15) is 24.8 Å². The van der Waals surface area contributed by atoms with Crippen molar-refractivity contribution in [2.45, 2.75) is 31.7 Å². The molecular weight excluding hydrogens is 310 g/mol. The van der Waals surface area contributed by atoms with Crippen molar-refractivity contribution in [1.82, 2.24) is 16.0 Å². The molecule has 1 aromatic carbocycles. The van der Waals surface area contributed by atoms with Crippen LogP contribution in [0.5, 0.6) is 11.5 Å². The van der Waals surface area contributed by atoms with Gasteiger partial charge >= 0.3 is 6.03 Å². The van der Waals surface area contributed by atoms with Gasteiger partial charge in [-0.05, 0) is 43.4 Å². The average molecular weight is 333 g/mol. The average Bonchev–Trinajstić information content (AvgIpc) is 2.79. The van der Waals surface area contributed by atoms with E-state index in [1.807, 2.05) is 18.2 Å². The highest BCUT2D eigenvalue weighted by atomic mass is 16.6. The predicted octanol–water partition coefficient (Wildman–Crippen LogP) is 0.968. The molecule has 3 rings (SSSR count). The van der Waals surface area contributed by atoms with E-state index in [0.717, 1.165) is 29.9 Å². The number of hydrogen-bond acceptors (Lipinski definition) is 4. The van der Waals surface area contributed by atoms with E-state index in [9.17, 15) is 9.59 Å². The van der Waals surface area contributed by atoms with Crippen molar-refractivity contribution in [1.29, 1.82) is 0 Å². The van der Waals surface area contributed by atoms with Crippen molar-refractivity contribution in [2.75, 3.05) is 26.3 Å². The smallest absolute Gasteiger partial charge is 0.315 e. The summed E-state index contributed by atoms with van der Waals surface area (Å²) in [6.07, 6.45) is 3.25. The van der Waals surface area contributed by atoms with Gasteiger partial charge in [0.2, 0.25) is 5.91 Å². The Labute approximate surface area is 141 Å². The van der Waals surface area contributed by atoms with Gasteiger partial charge in [-0.25, -0.2) is 4.79 Å². The van der Waals surface area contributed by atoms with E-state index in [0.29, 0.717) is 39.1 Å². The standard InChI is InChI=1S/C17H23N3O4/c21-16-13(3-1-2-7-18-16)20-17(22)19-8-6-12-4-5-14-15(11-12)24-10-9-23-14/h4-5,11,13H,1-3,6-10H2,(H,18,21)(H2,19,20,22). The Kier molecular flexibility index (Phi) is 5.40. The molecule has 3 N–H and O–H groups in total. The minimum Gasteiger partial charge on any atom is -0.486 e. The van der Waals surface area contributed by atoms with Gasteiger partial charge < -0.3 is 25.4 Å². The quantitative estimate of drug-likeness (QED) is 0.766. The molecule has 1 atom stereocenters. The molecule has 1 aromatic rings. The third kappa shape index (κ3) is 4.31. The Balaban J connectivity index is 1.44. The lowest BCUT2D eigenvalue weighted by atomic mass is 10.1. The number of fused-ring (bicyclic) bond motifs is 1. The van der Waals surface area contributed by atoms with E-state index in [-0.39, 0.29) is 11.9 Å². The summed E-state index contributed by atoms with van der Waals surface area (Å²) in [6, 6.07) is 5.04. The number of amides is 3. The summed E-state index contributed by atoms with van der Waals surface area (Å²) < 4.78 is 11.0. The molecule has 24 heavy (non-hydrogen) atoms. The van der Waals surface area contributed by atoms with Gasteiger partial charge in [-0.15, -0.1) is 0 Å². The Morgan fingerprint density at radius 3 is 2.92 bits per heavy atom. The van der Waals surface area contributed by atoms with Gasteiger partial charge in [0.1, 0.15) is 19.3 Å². The topological polar surface area (TPSA) is 88.7 Å². The Bertz CT molecular complexity index is 605. The highest BCUT2D eigenvalue weighted by molar-refractivity contribution is 5.87. The maximum atomic E-state index is 11.9. The Morgan fingerprint density at radius 1 is 1.21 bits per heavy atom. The number of urea groups is 1. The lowest BCUT2D eigenvalue weighted by Gasteiger charge is -2.19. The van der Waals surface area contributed by atoms with E-state index in [1.165, 1.54) is 0 Å². The first-order chi connectivity index (χ1) is 11.7. The number of rotatable bonds is 4. The second-order valence-corrected chi connectivity index (χ2v) is 5.97. The number of carbonyl (C=O) groups is 2. The number of hydrogen-bond donors (Lipinski definition) is 3. The van der Waals surface area contributed by atoms with Gasteiger partial charge in [0.15, 0.2) is 11.5 Å². The summed E-state index contributed by atoms with van der Waals surface area (Å²) in [5, 5.41) is 8.34. The summed E-state index contributed by atoms with van der Waals surface area (Å²) in [7, 11) is 0. The van der Waals surface area contributed by atoms with Crippen molar-refractivity contribution in [3.8, 4) is 11.5 Å². The lowest BCUT2D eigenvalue weighted by molar-refractivity contribution is -0.122. The molecule has 0 saturated carbocycles. The normalized spacial score (nSPS) is 19.8. The van der Waals surface area contributed by atoms with Crippen molar-refractivity contribution < 1.29 is 19.1 Å². The van der Waals surface area contributed by atoms with Crippen LogP contribution in [0.4, 0.5) is 4.79 Å². The molecule has 1 unspecified atom stereocenters. The number of nitrogens with one attached hydrogen (secondary N) is 3. The maximum absolute atomic E-state index is 11.9. The summed E-state index contributed by atoms with van der Waals surface area (Å²) in [4.78, 5) is 23.7. The molecule has 2 aliphatic rings. The first kappa shape index (κ1) is 16.4. The molecule has 1 fully saturated rings. The van der Waals surface area contributed by atoms with Crippen LogP contribution in [-0.4, -0.2) is 44.3 Å². The van der Waals surface area contributed by atoms with Crippen LogP contribution in [0.15, 0.2) is 18.2 Å². The zero-order chi connectivity index (χ0) is 16.8. The van der Waals surface area contributed by atoms with E-state index in [4.69, 9.17) is 9.47 Å². The zero-order valence-electron chi connectivity index (χ0n) is 13.6. The summed E-state index contributed by atoms with van der Waals surface area (Å²) in [5.74, 6) is 1.41. The summed E-state index contributed by atoms with van der Waals surface area (Å²) in [6.45, 7) is 2.30. The monoisotopic (exact) mass is 333 g/mol. The molecule has 7 nitrogen and oxygen atoms in total. The second-order valence-electron chi connectivity index (χ2n) is 5.97. The number of ether oxygens (including phenoxy) is 2. The van der Waals surface area contributed by atoms with Gasteiger partial charge in [0.05, 0.1) is 0 Å². The van der Waals surface area contributed by atoms with Gasteiger partial charge in [-0.2, -0.15) is 0 Å². The van der Waals surface area contributed by atoms with Crippen molar-refractivity contribution in [2.24, 2.45) is 0 Å². The van der Waals surface area contributed by atoms with E-state index in [1.54, 1.807) is 0 Å². The minimum atomic E-state index is -0.443. The van der Waals surface area contributed by atoms with Crippen LogP contribution < -0.4 is 25.4 Å². The molecule has 1 saturated heterocycles. The van der Waals surface area contributed by atoms with Gasteiger partial charge in [0, 0.05) is 13.1 Å². The highest BCUT2D eigenvalue weighted by Gasteiger charge is 2.22. The fourth-order valence-electron chi connectivity index (χ4n) is 2.85. The molecule has 2 heterocycles. The van der Waals surface area contributed by atoms with E-state index >= 15 is 0 Å². The fourth-order valence-corrected chi connectivity index (χ4v) is 2.85. The molecule has 0 aromatic heterocycles. The molecule has 0 radical (unpaired) electrons. The maximum Gasteiger partial charge on any atom is 0.315 e. The van der Waals surface area contributed by atoms with Crippen molar-refractivity contribution in [3.63, 3.8) is 0 Å². The van der Waals surface area contributed by atoms with Crippen LogP contribution in [-0.2, 0) is 11.2 Å². The molecule has 130 valence electrons. The van der Waals surface area contributed by atoms with Gasteiger partial charge in [-0.3, -0.25) is 4.79 Å². The van der Waals surface area contributed by atoms with Crippen LogP contribution in [0, 0.1) is 0 Å². The molecule has 3 amide bonds.